The molecule has 0 saturated heterocycles. The van der Waals surface area contributed by atoms with Crippen LogP contribution < -0.4 is 4.74 Å². The van der Waals surface area contributed by atoms with Gasteiger partial charge < -0.3 is 4.74 Å². The van der Waals surface area contributed by atoms with Gasteiger partial charge in [0.1, 0.15) is 11.8 Å². The summed E-state index contributed by atoms with van der Waals surface area (Å²) in [7, 11) is -0.969. The number of para-hydroxylation sites is 1. The van der Waals surface area contributed by atoms with Crippen LogP contribution in [0.25, 0.3) is 0 Å². The summed E-state index contributed by atoms with van der Waals surface area (Å²) in [5.41, 5.74) is 2.75. The lowest BCUT2D eigenvalue weighted by molar-refractivity contribution is 0.341. The van der Waals surface area contributed by atoms with Gasteiger partial charge >= 0.3 is 0 Å². The molecule has 2 aromatic rings. The summed E-state index contributed by atoms with van der Waals surface area (Å²) in [5, 5.41) is 8.96. The van der Waals surface area contributed by atoms with Crippen LogP contribution in [0.3, 0.4) is 0 Å². The average Bonchev–Trinajstić information content (AvgIpc) is 2.47. The Morgan fingerprint density at radius 1 is 1.19 bits per heavy atom. The van der Waals surface area contributed by atoms with Crippen molar-refractivity contribution >= 4 is 10.8 Å². The fourth-order valence-electron chi connectivity index (χ4n) is 1.99. The van der Waals surface area contributed by atoms with Gasteiger partial charge in [-0.05, 0) is 24.6 Å². The van der Waals surface area contributed by atoms with Crippen LogP contribution in [0.15, 0.2) is 48.5 Å². The van der Waals surface area contributed by atoms with Crippen molar-refractivity contribution in [1.82, 2.24) is 0 Å². The van der Waals surface area contributed by atoms with Crippen LogP contribution in [0.4, 0.5) is 0 Å². The third-order valence-corrected chi connectivity index (χ3v) is 4.26. The molecule has 0 saturated carbocycles. The van der Waals surface area contributed by atoms with E-state index < -0.39 is 10.8 Å². The summed E-state index contributed by atoms with van der Waals surface area (Å²) in [5.74, 6) is 1.53. The third-order valence-electron chi connectivity index (χ3n) is 2.99. The average molecular weight is 299 g/mol. The summed E-state index contributed by atoms with van der Waals surface area (Å²) < 4.78 is 17.6. The Morgan fingerprint density at radius 2 is 2.00 bits per heavy atom. The number of rotatable bonds is 6. The number of hydrogen-bond donors (Lipinski definition) is 0. The maximum atomic E-state index is 12.0. The van der Waals surface area contributed by atoms with Crippen molar-refractivity contribution in [2.45, 2.75) is 12.7 Å². The second kappa shape index (κ2) is 7.61. The Hall–Kier alpha value is -2.12. The SMILES string of the molecule is Cc1cccc(CS(=O)CCOc2ccccc2C#N)c1. The highest BCUT2D eigenvalue weighted by molar-refractivity contribution is 7.84. The van der Waals surface area contributed by atoms with Gasteiger partial charge in [0.25, 0.3) is 0 Å². The number of nitrogens with zero attached hydrogens (tertiary/aromatic N) is 1. The molecule has 0 fully saturated rings. The Bertz CT molecular complexity index is 676. The lowest BCUT2D eigenvalue weighted by atomic mass is 10.2. The summed E-state index contributed by atoms with van der Waals surface area (Å²) in [6.45, 7) is 2.37. The van der Waals surface area contributed by atoms with Crippen molar-refractivity contribution in [1.29, 1.82) is 5.26 Å². The van der Waals surface area contributed by atoms with Crippen LogP contribution >= 0.6 is 0 Å². The minimum Gasteiger partial charge on any atom is -0.491 e. The van der Waals surface area contributed by atoms with Gasteiger partial charge in [-0.2, -0.15) is 5.26 Å². The first-order chi connectivity index (χ1) is 10.2. The molecule has 0 aromatic heterocycles. The molecule has 1 unspecified atom stereocenters. The lowest BCUT2D eigenvalue weighted by Gasteiger charge is -2.08. The van der Waals surface area contributed by atoms with Gasteiger partial charge in [0.05, 0.1) is 17.9 Å². The second-order valence-electron chi connectivity index (χ2n) is 4.73. The molecular weight excluding hydrogens is 282 g/mol. The zero-order valence-corrected chi connectivity index (χ0v) is 12.7. The zero-order valence-electron chi connectivity index (χ0n) is 11.9. The molecule has 108 valence electrons. The van der Waals surface area contributed by atoms with E-state index in [-0.39, 0.29) is 0 Å². The smallest absolute Gasteiger partial charge is 0.137 e. The molecule has 0 amide bonds. The van der Waals surface area contributed by atoms with Crippen LogP contribution in [-0.2, 0) is 16.6 Å². The summed E-state index contributed by atoms with van der Waals surface area (Å²) >= 11 is 0. The molecule has 3 nitrogen and oxygen atoms in total. The lowest BCUT2D eigenvalue weighted by Crippen LogP contribution is -2.10. The van der Waals surface area contributed by atoms with E-state index in [0.29, 0.717) is 29.4 Å². The monoisotopic (exact) mass is 299 g/mol. The number of hydrogen-bond acceptors (Lipinski definition) is 3. The fraction of sp³-hybridized carbons (Fsp3) is 0.235. The molecule has 1 atom stereocenters. The van der Waals surface area contributed by atoms with Crippen molar-refractivity contribution in [3.63, 3.8) is 0 Å². The first-order valence-electron chi connectivity index (χ1n) is 6.71. The predicted octanol–water partition coefficient (Wildman–Crippen LogP) is 3.19. The molecule has 2 rings (SSSR count). The van der Waals surface area contributed by atoms with Gasteiger partial charge in [-0.25, -0.2) is 0 Å². The quantitative estimate of drug-likeness (QED) is 0.823. The molecule has 4 heteroatoms. The highest BCUT2D eigenvalue weighted by atomic mass is 32.2. The van der Waals surface area contributed by atoms with E-state index in [0.717, 1.165) is 5.56 Å². The fourth-order valence-corrected chi connectivity index (χ4v) is 2.95. The second-order valence-corrected chi connectivity index (χ2v) is 6.31. The molecule has 21 heavy (non-hydrogen) atoms. The third kappa shape index (κ3) is 4.73. The minimum atomic E-state index is -0.969. The Balaban J connectivity index is 1.83. The summed E-state index contributed by atoms with van der Waals surface area (Å²) in [4.78, 5) is 0. The van der Waals surface area contributed by atoms with Gasteiger partial charge in [0.15, 0.2) is 0 Å². The van der Waals surface area contributed by atoms with Gasteiger partial charge in [-0.3, -0.25) is 4.21 Å². The molecule has 0 N–H and O–H groups in total. The molecular formula is C17H17NO2S. The van der Waals surface area contributed by atoms with E-state index in [2.05, 4.69) is 6.07 Å². The largest absolute Gasteiger partial charge is 0.491 e. The number of ether oxygens (including phenoxy) is 1. The molecule has 0 aliphatic heterocycles. The van der Waals surface area contributed by atoms with Crippen molar-refractivity contribution < 1.29 is 8.95 Å². The van der Waals surface area contributed by atoms with E-state index in [1.807, 2.05) is 37.3 Å². The van der Waals surface area contributed by atoms with Gasteiger partial charge in [0.2, 0.25) is 0 Å². The molecule has 0 aliphatic rings. The number of nitriles is 1. The number of aryl methyl sites for hydroxylation is 1. The summed E-state index contributed by atoms with van der Waals surface area (Å²) in [6.07, 6.45) is 0. The van der Waals surface area contributed by atoms with E-state index >= 15 is 0 Å². The number of benzene rings is 2. The first-order valence-corrected chi connectivity index (χ1v) is 8.20. The summed E-state index contributed by atoms with van der Waals surface area (Å²) in [6, 6.07) is 17.2. The Morgan fingerprint density at radius 3 is 2.76 bits per heavy atom. The van der Waals surface area contributed by atoms with E-state index in [1.165, 1.54) is 5.56 Å². The van der Waals surface area contributed by atoms with Crippen LogP contribution in [0.2, 0.25) is 0 Å². The zero-order chi connectivity index (χ0) is 15.1. The van der Waals surface area contributed by atoms with Crippen molar-refractivity contribution in [2.75, 3.05) is 12.4 Å². The standard InChI is InChI=1S/C17H17NO2S/c1-14-5-4-6-15(11-14)13-21(19)10-9-20-17-8-3-2-7-16(17)12-18/h2-8,11H,9-10,13H2,1H3. The molecule has 0 bridgehead atoms. The van der Waals surface area contributed by atoms with E-state index in [1.54, 1.807) is 18.2 Å². The van der Waals surface area contributed by atoms with Crippen LogP contribution in [0.1, 0.15) is 16.7 Å². The van der Waals surface area contributed by atoms with Crippen molar-refractivity contribution in [2.24, 2.45) is 0 Å². The Kier molecular flexibility index (Phi) is 5.53. The molecule has 0 aliphatic carbocycles. The molecule has 0 radical (unpaired) electrons. The first kappa shape index (κ1) is 15.3. The predicted molar refractivity (Wildman–Crippen MR) is 84.5 cm³/mol. The Labute approximate surface area is 127 Å². The highest BCUT2D eigenvalue weighted by Gasteiger charge is 2.05. The van der Waals surface area contributed by atoms with Gasteiger partial charge in [-0.1, -0.05) is 42.0 Å². The van der Waals surface area contributed by atoms with E-state index in [9.17, 15) is 4.21 Å². The molecule has 0 heterocycles. The van der Waals surface area contributed by atoms with Gasteiger partial charge in [-0.15, -0.1) is 0 Å². The highest BCUT2D eigenvalue weighted by Crippen LogP contribution is 2.16. The minimum absolute atomic E-state index is 0.344. The normalized spacial score (nSPS) is 11.6. The maximum absolute atomic E-state index is 12.0. The van der Waals surface area contributed by atoms with Gasteiger partial charge in [0, 0.05) is 16.6 Å². The van der Waals surface area contributed by atoms with Crippen molar-refractivity contribution in [3.05, 3.63) is 65.2 Å². The van der Waals surface area contributed by atoms with Crippen LogP contribution in [0, 0.1) is 18.3 Å². The van der Waals surface area contributed by atoms with Crippen LogP contribution in [0.5, 0.6) is 5.75 Å². The van der Waals surface area contributed by atoms with E-state index in [4.69, 9.17) is 10.00 Å². The topological polar surface area (TPSA) is 50.1 Å². The molecule has 0 spiro atoms. The maximum Gasteiger partial charge on any atom is 0.137 e. The molecule has 2 aromatic carbocycles. The van der Waals surface area contributed by atoms with Crippen molar-refractivity contribution in [3.8, 4) is 11.8 Å². The van der Waals surface area contributed by atoms with Crippen LogP contribution in [-0.4, -0.2) is 16.6 Å².